The average Bonchev–Trinajstić information content (AvgIpc) is 2.27. The number of hydrogen-bond acceptors (Lipinski definition) is 3. The second-order valence-corrected chi connectivity index (χ2v) is 5.46. The molecule has 0 aromatic rings. The number of thioether (sulfide) groups is 1. The summed E-state index contributed by atoms with van der Waals surface area (Å²) in [5, 5.41) is 0. The first-order chi connectivity index (χ1) is 7.05. The Labute approximate surface area is 119 Å². The molecule has 4 nitrogen and oxygen atoms in total. The fourth-order valence-electron chi connectivity index (χ4n) is 1.23. The Hall–Kier alpha value is 0.310. The third-order valence-electron chi connectivity index (χ3n) is 2.51. The predicted octanol–water partition coefficient (Wildman–Crippen LogP) is 1.39. The van der Waals surface area contributed by atoms with Crippen LogP contribution < -0.4 is 5.73 Å². The number of guanidine groups is 1. The SMILES string of the molecule is COC(C)(C)CN=C(N)N1CCSCC1.I. The zero-order valence-electron chi connectivity index (χ0n) is 10.2. The lowest BCUT2D eigenvalue weighted by Gasteiger charge is -2.28. The first-order valence-electron chi connectivity index (χ1n) is 5.23. The highest BCUT2D eigenvalue weighted by Gasteiger charge is 2.17. The number of nitrogens with zero attached hydrogens (tertiary/aromatic N) is 2. The lowest BCUT2D eigenvalue weighted by atomic mass is 10.1. The topological polar surface area (TPSA) is 50.9 Å². The molecule has 1 fully saturated rings. The molecule has 6 heteroatoms. The van der Waals surface area contributed by atoms with Crippen LogP contribution in [0.4, 0.5) is 0 Å². The lowest BCUT2D eigenvalue weighted by Crippen LogP contribution is -2.43. The lowest BCUT2D eigenvalue weighted by molar-refractivity contribution is 0.0309. The molecule has 16 heavy (non-hydrogen) atoms. The third kappa shape index (κ3) is 5.58. The molecule has 0 aromatic heterocycles. The van der Waals surface area contributed by atoms with E-state index in [0.29, 0.717) is 12.5 Å². The van der Waals surface area contributed by atoms with E-state index in [4.69, 9.17) is 10.5 Å². The van der Waals surface area contributed by atoms with E-state index < -0.39 is 0 Å². The summed E-state index contributed by atoms with van der Waals surface area (Å²) in [6, 6.07) is 0. The van der Waals surface area contributed by atoms with Gasteiger partial charge >= 0.3 is 0 Å². The number of methoxy groups -OCH3 is 1. The van der Waals surface area contributed by atoms with Crippen molar-refractivity contribution >= 4 is 41.7 Å². The van der Waals surface area contributed by atoms with Crippen LogP contribution in [0.15, 0.2) is 4.99 Å². The van der Waals surface area contributed by atoms with Crippen molar-refractivity contribution in [3.05, 3.63) is 0 Å². The molecule has 0 bridgehead atoms. The van der Waals surface area contributed by atoms with E-state index >= 15 is 0 Å². The molecule has 1 rings (SSSR count). The maximum atomic E-state index is 5.92. The maximum absolute atomic E-state index is 5.92. The molecule has 1 aliphatic heterocycles. The Morgan fingerprint density at radius 2 is 2.00 bits per heavy atom. The minimum atomic E-state index is -0.227. The van der Waals surface area contributed by atoms with E-state index in [2.05, 4.69) is 9.89 Å². The molecule has 0 unspecified atom stereocenters. The van der Waals surface area contributed by atoms with Crippen LogP contribution in [0.2, 0.25) is 0 Å². The zero-order chi connectivity index (χ0) is 11.3. The van der Waals surface area contributed by atoms with Crippen molar-refractivity contribution in [3.63, 3.8) is 0 Å². The van der Waals surface area contributed by atoms with Crippen LogP contribution in [0.3, 0.4) is 0 Å². The monoisotopic (exact) mass is 359 g/mol. The summed E-state index contributed by atoms with van der Waals surface area (Å²) >= 11 is 1.97. The highest BCUT2D eigenvalue weighted by Crippen LogP contribution is 2.10. The van der Waals surface area contributed by atoms with Gasteiger partial charge in [-0.25, -0.2) is 0 Å². The molecule has 1 aliphatic rings. The maximum Gasteiger partial charge on any atom is 0.191 e. The highest BCUT2D eigenvalue weighted by atomic mass is 127. The molecule has 0 aliphatic carbocycles. The fourth-order valence-corrected chi connectivity index (χ4v) is 2.13. The Morgan fingerprint density at radius 3 is 2.50 bits per heavy atom. The van der Waals surface area contributed by atoms with Gasteiger partial charge in [-0.1, -0.05) is 0 Å². The molecule has 0 amide bonds. The van der Waals surface area contributed by atoms with Crippen molar-refractivity contribution in [2.24, 2.45) is 10.7 Å². The van der Waals surface area contributed by atoms with Crippen LogP contribution in [-0.4, -0.2) is 54.7 Å². The van der Waals surface area contributed by atoms with E-state index in [0.717, 1.165) is 24.6 Å². The van der Waals surface area contributed by atoms with Gasteiger partial charge in [0.2, 0.25) is 0 Å². The number of aliphatic imine (C=N–C) groups is 1. The summed E-state index contributed by atoms with van der Waals surface area (Å²) in [5.41, 5.74) is 5.69. The van der Waals surface area contributed by atoms with Crippen LogP contribution in [0, 0.1) is 0 Å². The van der Waals surface area contributed by atoms with Crippen molar-refractivity contribution in [2.45, 2.75) is 19.4 Å². The molecule has 0 aromatic carbocycles. The van der Waals surface area contributed by atoms with Gasteiger partial charge in [-0.05, 0) is 13.8 Å². The highest BCUT2D eigenvalue weighted by molar-refractivity contribution is 14.0. The normalized spacial score (nSPS) is 18.2. The van der Waals surface area contributed by atoms with Gasteiger partial charge in [0.1, 0.15) is 0 Å². The fraction of sp³-hybridized carbons (Fsp3) is 0.900. The first-order valence-corrected chi connectivity index (χ1v) is 6.38. The van der Waals surface area contributed by atoms with Crippen LogP contribution >= 0.6 is 35.7 Å². The number of nitrogens with two attached hydrogens (primary N) is 1. The Bertz CT molecular complexity index is 230. The number of rotatable bonds is 3. The molecule has 0 saturated carbocycles. The summed E-state index contributed by atoms with van der Waals surface area (Å²) in [4.78, 5) is 6.52. The van der Waals surface area contributed by atoms with Crippen molar-refractivity contribution in [3.8, 4) is 0 Å². The molecule has 0 spiro atoms. The van der Waals surface area contributed by atoms with Gasteiger partial charge in [-0.15, -0.1) is 24.0 Å². The van der Waals surface area contributed by atoms with Crippen LogP contribution in [0.1, 0.15) is 13.8 Å². The number of hydrogen-bond donors (Lipinski definition) is 1. The second-order valence-electron chi connectivity index (χ2n) is 4.24. The van der Waals surface area contributed by atoms with E-state index in [9.17, 15) is 0 Å². The van der Waals surface area contributed by atoms with Crippen molar-refractivity contribution in [2.75, 3.05) is 38.2 Å². The molecular formula is C10H22IN3OS. The van der Waals surface area contributed by atoms with Crippen molar-refractivity contribution in [1.29, 1.82) is 0 Å². The molecule has 0 radical (unpaired) electrons. The standard InChI is InChI=1S/C10H21N3OS.HI/c1-10(2,14-3)8-12-9(11)13-4-6-15-7-5-13;/h4-8H2,1-3H3,(H2,11,12);1H. The van der Waals surface area contributed by atoms with Gasteiger partial charge in [-0.3, -0.25) is 4.99 Å². The van der Waals surface area contributed by atoms with Crippen molar-refractivity contribution in [1.82, 2.24) is 4.90 Å². The van der Waals surface area contributed by atoms with Crippen LogP contribution in [0.25, 0.3) is 0 Å². The first kappa shape index (κ1) is 16.3. The molecule has 1 heterocycles. The summed E-state index contributed by atoms with van der Waals surface area (Å²) in [7, 11) is 1.70. The van der Waals surface area contributed by atoms with E-state index in [1.807, 2.05) is 25.6 Å². The van der Waals surface area contributed by atoms with Gasteiger partial charge in [0.15, 0.2) is 5.96 Å². The summed E-state index contributed by atoms with van der Waals surface area (Å²) in [6.45, 7) is 6.64. The minimum Gasteiger partial charge on any atom is -0.377 e. The van der Waals surface area contributed by atoms with Gasteiger partial charge < -0.3 is 15.4 Å². The molecule has 1 saturated heterocycles. The molecule has 2 N–H and O–H groups in total. The molecular weight excluding hydrogens is 337 g/mol. The Morgan fingerprint density at radius 1 is 1.44 bits per heavy atom. The van der Waals surface area contributed by atoms with Gasteiger partial charge in [0.05, 0.1) is 12.1 Å². The second kappa shape index (κ2) is 7.60. The van der Waals surface area contributed by atoms with Crippen LogP contribution in [0.5, 0.6) is 0 Å². The molecule has 96 valence electrons. The zero-order valence-corrected chi connectivity index (χ0v) is 13.4. The molecule has 0 atom stereocenters. The van der Waals surface area contributed by atoms with Gasteiger partial charge in [0.25, 0.3) is 0 Å². The predicted molar refractivity (Wildman–Crippen MR) is 81.9 cm³/mol. The Kier molecular flexibility index (Phi) is 7.75. The summed E-state index contributed by atoms with van der Waals surface area (Å²) in [5.74, 6) is 2.94. The number of ether oxygens (including phenoxy) is 1. The third-order valence-corrected chi connectivity index (χ3v) is 3.45. The van der Waals surface area contributed by atoms with Crippen molar-refractivity contribution < 1.29 is 4.74 Å². The Balaban J connectivity index is 0.00000225. The van der Waals surface area contributed by atoms with Gasteiger partial charge in [0, 0.05) is 31.7 Å². The van der Waals surface area contributed by atoms with E-state index in [1.54, 1.807) is 7.11 Å². The average molecular weight is 359 g/mol. The van der Waals surface area contributed by atoms with E-state index in [1.165, 1.54) is 0 Å². The summed E-state index contributed by atoms with van der Waals surface area (Å²) in [6.07, 6.45) is 0. The van der Waals surface area contributed by atoms with Crippen LogP contribution in [-0.2, 0) is 4.74 Å². The largest absolute Gasteiger partial charge is 0.377 e. The quantitative estimate of drug-likeness (QED) is 0.470. The number of halogens is 1. The van der Waals surface area contributed by atoms with E-state index in [-0.39, 0.29) is 29.6 Å². The minimum absolute atomic E-state index is 0. The summed E-state index contributed by atoms with van der Waals surface area (Å²) < 4.78 is 5.29. The smallest absolute Gasteiger partial charge is 0.191 e. The van der Waals surface area contributed by atoms with Gasteiger partial charge in [-0.2, -0.15) is 11.8 Å².